The molecule has 6 heteroatoms. The van der Waals surface area contributed by atoms with Crippen LogP contribution in [0.15, 0.2) is 12.1 Å². The lowest BCUT2D eigenvalue weighted by Crippen LogP contribution is -2.45. The van der Waals surface area contributed by atoms with Gasteiger partial charge in [-0.15, -0.1) is 0 Å². The molecule has 0 amide bonds. The number of rotatable bonds is 2. The van der Waals surface area contributed by atoms with E-state index in [1.165, 1.54) is 0 Å². The molecule has 2 N–H and O–H groups in total. The minimum Gasteiger partial charge on any atom is -0.477 e. The number of carbonyl (C=O) groups is 1. The van der Waals surface area contributed by atoms with Crippen LogP contribution >= 0.6 is 0 Å². The molecular weight excluding hydrogens is 246 g/mol. The summed E-state index contributed by atoms with van der Waals surface area (Å²) in [5.41, 5.74) is 2.12. The summed E-state index contributed by atoms with van der Waals surface area (Å²) in [6.45, 7) is 4.75. The molecule has 0 bridgehead atoms. The van der Waals surface area contributed by atoms with Crippen molar-refractivity contribution in [3.63, 3.8) is 0 Å². The predicted octanol–water partition coefficient (Wildman–Crippen LogP) is 0.256. The van der Waals surface area contributed by atoms with Crippen molar-refractivity contribution in [3.05, 3.63) is 29.1 Å². The molecule has 1 saturated heterocycles. The van der Waals surface area contributed by atoms with Gasteiger partial charge in [-0.3, -0.25) is 4.90 Å². The Morgan fingerprint density at radius 1 is 1.42 bits per heavy atom. The van der Waals surface area contributed by atoms with Crippen LogP contribution < -0.4 is 5.32 Å². The summed E-state index contributed by atoms with van der Waals surface area (Å²) in [7, 11) is 0. The number of pyridine rings is 1. The average Bonchev–Trinajstić information content (AvgIpc) is 2.47. The van der Waals surface area contributed by atoms with Crippen LogP contribution in [-0.2, 0) is 11.3 Å². The second-order valence-electron chi connectivity index (χ2n) is 4.84. The third-order valence-corrected chi connectivity index (χ3v) is 3.69. The van der Waals surface area contributed by atoms with E-state index in [2.05, 4.69) is 15.2 Å². The monoisotopic (exact) mass is 263 g/mol. The van der Waals surface area contributed by atoms with Gasteiger partial charge in [0.15, 0.2) is 0 Å². The maximum Gasteiger partial charge on any atom is 0.354 e. The molecule has 0 aliphatic carbocycles. The summed E-state index contributed by atoms with van der Waals surface area (Å²) in [4.78, 5) is 17.7. The molecule has 1 unspecified atom stereocenters. The Balaban J connectivity index is 1.92. The first-order chi connectivity index (χ1) is 9.25. The van der Waals surface area contributed by atoms with E-state index in [9.17, 15) is 4.79 Å². The van der Waals surface area contributed by atoms with Crippen molar-refractivity contribution in [2.75, 3.05) is 32.8 Å². The molecule has 2 aliphatic rings. The van der Waals surface area contributed by atoms with Crippen LogP contribution in [0.5, 0.6) is 0 Å². The first-order valence-corrected chi connectivity index (χ1v) is 6.51. The number of aromatic nitrogens is 1. The summed E-state index contributed by atoms with van der Waals surface area (Å²) in [6, 6.07) is 3.59. The SMILES string of the molecule is O=C(O)c1ccc2c(n1)C(N1CCOCC1)CNC2. The van der Waals surface area contributed by atoms with E-state index in [1.54, 1.807) is 6.07 Å². The standard InChI is InChI=1S/C13H17N3O3/c17-13(18)10-2-1-9-7-14-8-11(12(9)15-10)16-3-5-19-6-4-16/h1-2,11,14H,3-8H2,(H,17,18). The topological polar surface area (TPSA) is 74.7 Å². The molecule has 3 heterocycles. The number of carboxylic acids is 1. The highest BCUT2D eigenvalue weighted by Gasteiger charge is 2.29. The van der Waals surface area contributed by atoms with Gasteiger partial charge in [-0.1, -0.05) is 6.07 Å². The number of morpholine rings is 1. The number of carboxylic acid groups (broad SMARTS) is 1. The van der Waals surface area contributed by atoms with E-state index in [1.807, 2.05) is 6.07 Å². The molecule has 6 nitrogen and oxygen atoms in total. The Morgan fingerprint density at radius 3 is 2.95 bits per heavy atom. The lowest BCUT2D eigenvalue weighted by Gasteiger charge is -2.37. The van der Waals surface area contributed by atoms with Gasteiger partial charge in [0.25, 0.3) is 0 Å². The van der Waals surface area contributed by atoms with E-state index >= 15 is 0 Å². The highest BCUT2D eigenvalue weighted by atomic mass is 16.5. The summed E-state index contributed by atoms with van der Waals surface area (Å²) in [5.74, 6) is -0.970. The molecule has 0 saturated carbocycles. The third-order valence-electron chi connectivity index (χ3n) is 3.69. The van der Waals surface area contributed by atoms with Gasteiger partial charge in [0.2, 0.25) is 0 Å². The Bertz CT molecular complexity index is 486. The zero-order valence-electron chi connectivity index (χ0n) is 10.6. The quantitative estimate of drug-likeness (QED) is 0.797. The lowest BCUT2D eigenvalue weighted by atomic mass is 10.0. The summed E-state index contributed by atoms with van der Waals surface area (Å²) in [6.07, 6.45) is 0. The average molecular weight is 263 g/mol. The molecule has 1 aromatic heterocycles. The molecule has 1 atom stereocenters. The van der Waals surface area contributed by atoms with Crippen molar-refractivity contribution in [2.24, 2.45) is 0 Å². The van der Waals surface area contributed by atoms with Gasteiger partial charge in [0, 0.05) is 26.2 Å². The first kappa shape index (κ1) is 12.5. The Hall–Kier alpha value is -1.50. The van der Waals surface area contributed by atoms with Crippen molar-refractivity contribution >= 4 is 5.97 Å². The Morgan fingerprint density at radius 2 is 2.21 bits per heavy atom. The molecule has 2 aliphatic heterocycles. The van der Waals surface area contributed by atoms with Crippen molar-refractivity contribution in [1.82, 2.24) is 15.2 Å². The largest absolute Gasteiger partial charge is 0.477 e. The van der Waals surface area contributed by atoms with Crippen LogP contribution in [0, 0.1) is 0 Å². The molecule has 19 heavy (non-hydrogen) atoms. The minimum absolute atomic E-state index is 0.124. The highest BCUT2D eigenvalue weighted by molar-refractivity contribution is 5.85. The molecule has 3 rings (SSSR count). The summed E-state index contributed by atoms with van der Waals surface area (Å²) >= 11 is 0. The number of nitrogens with one attached hydrogen (secondary N) is 1. The van der Waals surface area contributed by atoms with Crippen molar-refractivity contribution in [3.8, 4) is 0 Å². The summed E-state index contributed by atoms with van der Waals surface area (Å²) in [5, 5.41) is 12.4. The van der Waals surface area contributed by atoms with Crippen molar-refractivity contribution in [2.45, 2.75) is 12.6 Å². The number of hydrogen-bond acceptors (Lipinski definition) is 5. The van der Waals surface area contributed by atoms with E-state index < -0.39 is 5.97 Å². The van der Waals surface area contributed by atoms with Gasteiger partial charge in [0.1, 0.15) is 5.69 Å². The molecule has 0 spiro atoms. The van der Waals surface area contributed by atoms with Crippen molar-refractivity contribution < 1.29 is 14.6 Å². The van der Waals surface area contributed by atoms with E-state index in [0.29, 0.717) is 0 Å². The molecule has 1 fully saturated rings. The second-order valence-corrected chi connectivity index (χ2v) is 4.84. The zero-order valence-corrected chi connectivity index (χ0v) is 10.6. The number of nitrogens with zero attached hydrogens (tertiary/aromatic N) is 2. The molecule has 102 valence electrons. The van der Waals surface area contributed by atoms with Gasteiger partial charge < -0.3 is 15.2 Å². The van der Waals surface area contributed by atoms with Gasteiger partial charge in [-0.05, 0) is 11.6 Å². The van der Waals surface area contributed by atoms with Gasteiger partial charge in [0.05, 0.1) is 24.9 Å². The van der Waals surface area contributed by atoms with Crippen LogP contribution in [0.4, 0.5) is 0 Å². The molecule has 0 radical (unpaired) electrons. The minimum atomic E-state index is -0.970. The normalized spacial score (nSPS) is 23.9. The van der Waals surface area contributed by atoms with Crippen LogP contribution in [-0.4, -0.2) is 53.8 Å². The predicted molar refractivity (Wildman–Crippen MR) is 68.0 cm³/mol. The maximum atomic E-state index is 11.1. The second kappa shape index (κ2) is 5.24. The van der Waals surface area contributed by atoms with Gasteiger partial charge >= 0.3 is 5.97 Å². The van der Waals surface area contributed by atoms with Gasteiger partial charge in [-0.2, -0.15) is 0 Å². The number of ether oxygens (including phenoxy) is 1. The number of hydrogen-bond donors (Lipinski definition) is 2. The van der Waals surface area contributed by atoms with Crippen molar-refractivity contribution in [1.29, 1.82) is 0 Å². The molecule has 0 aromatic carbocycles. The fraction of sp³-hybridized carbons (Fsp3) is 0.538. The van der Waals surface area contributed by atoms with E-state index in [-0.39, 0.29) is 11.7 Å². The fourth-order valence-corrected chi connectivity index (χ4v) is 2.69. The van der Waals surface area contributed by atoms with Gasteiger partial charge in [-0.25, -0.2) is 9.78 Å². The zero-order chi connectivity index (χ0) is 13.2. The van der Waals surface area contributed by atoms with Crippen LogP contribution in [0.1, 0.15) is 27.8 Å². The highest BCUT2D eigenvalue weighted by Crippen LogP contribution is 2.26. The van der Waals surface area contributed by atoms with E-state index in [0.717, 1.165) is 50.7 Å². The van der Waals surface area contributed by atoms with Crippen LogP contribution in [0.25, 0.3) is 0 Å². The fourth-order valence-electron chi connectivity index (χ4n) is 2.69. The first-order valence-electron chi connectivity index (χ1n) is 6.51. The third kappa shape index (κ3) is 2.47. The lowest BCUT2D eigenvalue weighted by molar-refractivity contribution is 0.0135. The Kier molecular flexibility index (Phi) is 3.46. The van der Waals surface area contributed by atoms with Crippen LogP contribution in [0.2, 0.25) is 0 Å². The maximum absolute atomic E-state index is 11.1. The Labute approximate surface area is 111 Å². The summed E-state index contributed by atoms with van der Waals surface area (Å²) < 4.78 is 5.36. The van der Waals surface area contributed by atoms with E-state index in [4.69, 9.17) is 9.84 Å². The van der Waals surface area contributed by atoms with Crippen LogP contribution in [0.3, 0.4) is 0 Å². The number of fused-ring (bicyclic) bond motifs is 1. The molecule has 1 aromatic rings. The smallest absolute Gasteiger partial charge is 0.354 e. The number of aromatic carboxylic acids is 1. The molecular formula is C13H17N3O3.